The summed E-state index contributed by atoms with van der Waals surface area (Å²) in [6.07, 6.45) is 17.6. The van der Waals surface area contributed by atoms with Gasteiger partial charge in [-0.2, -0.15) is 0 Å². The molecule has 2 heterocycles. The lowest BCUT2D eigenvalue weighted by Gasteiger charge is -2.34. The number of fused-ring (bicyclic) bond motifs is 1. The summed E-state index contributed by atoms with van der Waals surface area (Å²) in [5, 5.41) is 0.728. The fourth-order valence-corrected chi connectivity index (χ4v) is 8.09. The topological polar surface area (TPSA) is 103 Å². The third-order valence-corrected chi connectivity index (χ3v) is 10.7. The van der Waals surface area contributed by atoms with Crippen molar-refractivity contribution in [3.05, 3.63) is 64.9 Å². The SMILES string of the molecule is CCCCCCCCCCCCCCCc1cccc(OCC)c1C1C(C(=O)OCC)=C(CSc2nc3ccccc3[nH]2)N=C(C)C1C(=O)OCC. The van der Waals surface area contributed by atoms with Crippen LogP contribution in [0.4, 0.5) is 0 Å². The van der Waals surface area contributed by atoms with Crippen LogP contribution in [0.25, 0.3) is 11.0 Å². The molecule has 0 saturated carbocycles. The molecule has 0 bridgehead atoms. The first-order valence-electron chi connectivity index (χ1n) is 19.9. The molecule has 4 rings (SSSR count). The van der Waals surface area contributed by atoms with Crippen molar-refractivity contribution in [2.45, 2.75) is 136 Å². The number of aryl methyl sites for hydroxylation is 1. The molecule has 1 aliphatic rings. The highest BCUT2D eigenvalue weighted by molar-refractivity contribution is 7.99. The zero-order valence-corrected chi connectivity index (χ0v) is 33.1. The summed E-state index contributed by atoms with van der Waals surface area (Å²) >= 11 is 1.47. The van der Waals surface area contributed by atoms with Crippen LogP contribution in [0.3, 0.4) is 0 Å². The average molecular weight is 732 g/mol. The molecule has 3 aromatic rings. The summed E-state index contributed by atoms with van der Waals surface area (Å²) in [5.41, 5.74) is 5.31. The Kier molecular flexibility index (Phi) is 17.8. The monoisotopic (exact) mass is 731 g/mol. The van der Waals surface area contributed by atoms with Crippen LogP contribution in [-0.2, 0) is 25.5 Å². The number of aromatic nitrogens is 2. The predicted octanol–water partition coefficient (Wildman–Crippen LogP) is 10.9. The quantitative estimate of drug-likeness (QED) is 0.0556. The van der Waals surface area contributed by atoms with Crippen LogP contribution in [0.2, 0.25) is 0 Å². The van der Waals surface area contributed by atoms with Crippen molar-refractivity contribution < 1.29 is 23.8 Å². The third-order valence-electron chi connectivity index (χ3n) is 9.78. The second kappa shape index (κ2) is 22.5. The van der Waals surface area contributed by atoms with E-state index in [1.165, 1.54) is 82.4 Å². The van der Waals surface area contributed by atoms with Crippen molar-refractivity contribution in [2.24, 2.45) is 10.9 Å². The summed E-state index contributed by atoms with van der Waals surface area (Å²) in [6, 6.07) is 14.0. The lowest BCUT2D eigenvalue weighted by molar-refractivity contribution is -0.146. The largest absolute Gasteiger partial charge is 0.494 e. The van der Waals surface area contributed by atoms with Gasteiger partial charge in [0.2, 0.25) is 0 Å². The van der Waals surface area contributed by atoms with Gasteiger partial charge in [-0.1, -0.05) is 120 Å². The van der Waals surface area contributed by atoms with E-state index in [-0.39, 0.29) is 13.2 Å². The molecule has 8 nitrogen and oxygen atoms in total. The molecule has 0 spiro atoms. The van der Waals surface area contributed by atoms with E-state index in [1.807, 2.05) is 50.2 Å². The predicted molar refractivity (Wildman–Crippen MR) is 213 cm³/mol. The number of esters is 2. The zero-order chi connectivity index (χ0) is 37.1. The summed E-state index contributed by atoms with van der Waals surface area (Å²) in [6.45, 7) is 10.6. The molecule has 0 saturated heterocycles. The van der Waals surface area contributed by atoms with E-state index in [2.05, 4.69) is 18.0 Å². The highest BCUT2D eigenvalue weighted by Gasteiger charge is 2.45. The van der Waals surface area contributed by atoms with E-state index in [0.717, 1.165) is 46.6 Å². The Hall–Kier alpha value is -3.59. The number of unbranched alkanes of at least 4 members (excludes halogenated alkanes) is 12. The minimum absolute atomic E-state index is 0.199. The Morgan fingerprint density at radius 3 is 2.06 bits per heavy atom. The Bertz CT molecular complexity index is 1600. The fourth-order valence-electron chi connectivity index (χ4n) is 7.25. The number of para-hydroxylation sites is 2. The van der Waals surface area contributed by atoms with Crippen molar-refractivity contribution >= 4 is 40.4 Å². The molecule has 0 fully saturated rings. The fraction of sp³-hybridized carbons (Fsp3) is 0.581. The van der Waals surface area contributed by atoms with E-state index < -0.39 is 23.8 Å². The number of aliphatic imine (C=N–C) groups is 1. The molecule has 9 heteroatoms. The molecular formula is C43H61N3O5S. The van der Waals surface area contributed by atoms with Crippen LogP contribution in [0.1, 0.15) is 135 Å². The van der Waals surface area contributed by atoms with Crippen LogP contribution < -0.4 is 4.74 Å². The van der Waals surface area contributed by atoms with E-state index in [4.69, 9.17) is 24.2 Å². The van der Waals surface area contributed by atoms with E-state index in [9.17, 15) is 9.59 Å². The number of nitrogens with one attached hydrogen (secondary N) is 1. The van der Waals surface area contributed by atoms with Crippen molar-refractivity contribution in [1.82, 2.24) is 9.97 Å². The molecule has 284 valence electrons. The van der Waals surface area contributed by atoms with Gasteiger partial charge in [-0.05, 0) is 64.3 Å². The lowest BCUT2D eigenvalue weighted by atomic mass is 9.73. The molecular weight excluding hydrogens is 671 g/mol. The highest BCUT2D eigenvalue weighted by Crippen LogP contribution is 2.46. The third kappa shape index (κ3) is 11.7. The van der Waals surface area contributed by atoms with Crippen molar-refractivity contribution in [1.29, 1.82) is 0 Å². The first-order chi connectivity index (χ1) is 25.4. The normalized spacial score (nSPS) is 15.9. The number of aromatic amines is 1. The second-order valence-corrected chi connectivity index (χ2v) is 14.6. The maximum Gasteiger partial charge on any atom is 0.336 e. The maximum atomic E-state index is 14.1. The van der Waals surface area contributed by atoms with Gasteiger partial charge in [0.1, 0.15) is 11.7 Å². The number of ether oxygens (including phenoxy) is 3. The van der Waals surface area contributed by atoms with Crippen molar-refractivity contribution in [3.63, 3.8) is 0 Å². The van der Waals surface area contributed by atoms with Gasteiger partial charge in [-0.3, -0.25) is 9.79 Å². The van der Waals surface area contributed by atoms with Gasteiger partial charge in [0.05, 0.1) is 42.1 Å². The molecule has 1 aliphatic heterocycles. The number of imidazole rings is 1. The summed E-state index contributed by atoms with van der Waals surface area (Å²) in [5.74, 6) is -1.32. The Morgan fingerprint density at radius 2 is 1.42 bits per heavy atom. The van der Waals surface area contributed by atoms with Crippen molar-refractivity contribution in [2.75, 3.05) is 25.6 Å². The molecule has 2 atom stereocenters. The van der Waals surface area contributed by atoms with Gasteiger partial charge >= 0.3 is 11.9 Å². The van der Waals surface area contributed by atoms with Gasteiger partial charge in [0, 0.05) is 22.9 Å². The van der Waals surface area contributed by atoms with Gasteiger partial charge in [-0.25, -0.2) is 9.78 Å². The number of carbonyl (C=O) groups is 2. The zero-order valence-electron chi connectivity index (χ0n) is 32.3. The Balaban J connectivity index is 1.58. The standard InChI is InChI=1S/C43H61N3O5S/c1-6-10-11-12-13-14-15-16-17-18-19-20-21-25-32-26-24-29-36(49-7-2)38(32)40-37(41(47)50-8-3)31(5)44-35(39(40)42(48)51-9-4)30-52-43-45-33-27-22-23-28-34(33)46-43/h22-24,26-29,37,40H,6-21,25,30H2,1-5H3,(H,45,46). The number of carbonyl (C=O) groups excluding carboxylic acids is 2. The van der Waals surface area contributed by atoms with E-state index in [1.54, 1.807) is 13.8 Å². The Labute approximate surface area is 316 Å². The Morgan fingerprint density at radius 1 is 0.769 bits per heavy atom. The molecule has 1 N–H and O–H groups in total. The van der Waals surface area contributed by atoms with E-state index in [0.29, 0.717) is 35.1 Å². The van der Waals surface area contributed by atoms with Gasteiger partial charge in [0.25, 0.3) is 0 Å². The first kappa shape index (κ1) is 41.2. The molecule has 0 amide bonds. The van der Waals surface area contributed by atoms with Gasteiger partial charge in [0.15, 0.2) is 5.16 Å². The lowest BCUT2D eigenvalue weighted by Crippen LogP contribution is -2.37. The smallest absolute Gasteiger partial charge is 0.336 e. The number of rotatable bonds is 24. The van der Waals surface area contributed by atoms with Crippen LogP contribution in [-0.4, -0.2) is 53.2 Å². The van der Waals surface area contributed by atoms with E-state index >= 15 is 0 Å². The van der Waals surface area contributed by atoms with Gasteiger partial charge in [-0.15, -0.1) is 0 Å². The molecule has 2 aromatic carbocycles. The average Bonchev–Trinajstić information content (AvgIpc) is 3.56. The summed E-state index contributed by atoms with van der Waals surface area (Å²) < 4.78 is 17.6. The summed E-state index contributed by atoms with van der Waals surface area (Å²) in [7, 11) is 0. The number of thioether (sulfide) groups is 1. The maximum absolute atomic E-state index is 14.1. The number of hydrogen-bond donors (Lipinski definition) is 1. The number of benzene rings is 2. The minimum Gasteiger partial charge on any atom is -0.494 e. The second-order valence-electron chi connectivity index (χ2n) is 13.6. The molecule has 0 aliphatic carbocycles. The molecule has 52 heavy (non-hydrogen) atoms. The first-order valence-corrected chi connectivity index (χ1v) is 20.9. The van der Waals surface area contributed by atoms with Crippen LogP contribution >= 0.6 is 11.8 Å². The van der Waals surface area contributed by atoms with Crippen molar-refractivity contribution in [3.8, 4) is 5.75 Å². The number of H-pyrrole nitrogens is 1. The van der Waals surface area contributed by atoms with Crippen LogP contribution in [0, 0.1) is 5.92 Å². The highest BCUT2D eigenvalue weighted by atomic mass is 32.2. The van der Waals surface area contributed by atoms with Crippen LogP contribution in [0.5, 0.6) is 5.75 Å². The molecule has 2 unspecified atom stereocenters. The number of nitrogens with zero attached hydrogens (tertiary/aromatic N) is 2. The van der Waals surface area contributed by atoms with Gasteiger partial charge < -0.3 is 19.2 Å². The minimum atomic E-state index is -0.800. The van der Waals surface area contributed by atoms with Crippen LogP contribution in [0.15, 0.2) is 63.9 Å². The molecule has 0 radical (unpaired) electrons. The summed E-state index contributed by atoms with van der Waals surface area (Å²) in [4.78, 5) is 40.9. The number of hydrogen-bond acceptors (Lipinski definition) is 8. The molecule has 1 aromatic heterocycles.